The molecule has 0 bridgehead atoms. The summed E-state index contributed by atoms with van der Waals surface area (Å²) in [6.07, 6.45) is 7.23. The van der Waals surface area contributed by atoms with Crippen LogP contribution in [0.5, 0.6) is 0 Å². The number of anilines is 1. The molecular weight excluding hydrogens is 372 g/mol. The van der Waals surface area contributed by atoms with Gasteiger partial charge in [-0.2, -0.15) is 4.98 Å². The number of rotatable bonds is 4. The van der Waals surface area contributed by atoms with E-state index in [0.29, 0.717) is 22.3 Å². The minimum Gasteiger partial charge on any atom is -0.334 e. The Bertz CT molecular complexity index is 1030. The lowest BCUT2D eigenvalue weighted by atomic mass is 9.99. The Morgan fingerprint density at radius 3 is 2.82 bits per heavy atom. The van der Waals surface area contributed by atoms with E-state index in [1.54, 1.807) is 0 Å². The summed E-state index contributed by atoms with van der Waals surface area (Å²) in [5.41, 5.74) is 9.99. The molecule has 0 atom stereocenters. The van der Waals surface area contributed by atoms with E-state index < -0.39 is 5.54 Å². The monoisotopic (exact) mass is 394 g/mol. The molecule has 1 saturated carbocycles. The SMILES string of the molecule is NC1(c2noc(-c3ccsc3NC(=O)c3ccc4c(c3)CCC4)n2)CCCC1. The van der Waals surface area contributed by atoms with Crippen LogP contribution in [0.1, 0.15) is 59.4 Å². The van der Waals surface area contributed by atoms with Gasteiger partial charge in [-0.1, -0.05) is 24.1 Å². The average molecular weight is 395 g/mol. The number of aryl methyl sites for hydroxylation is 2. The van der Waals surface area contributed by atoms with E-state index in [4.69, 9.17) is 10.3 Å². The van der Waals surface area contributed by atoms with Crippen molar-refractivity contribution in [3.63, 3.8) is 0 Å². The number of aromatic nitrogens is 2. The molecule has 0 saturated heterocycles. The smallest absolute Gasteiger partial charge is 0.260 e. The fraction of sp³-hybridized carbons (Fsp3) is 0.381. The van der Waals surface area contributed by atoms with Gasteiger partial charge in [0.25, 0.3) is 11.8 Å². The van der Waals surface area contributed by atoms with E-state index in [1.165, 1.54) is 22.5 Å². The van der Waals surface area contributed by atoms with E-state index in [-0.39, 0.29) is 5.91 Å². The van der Waals surface area contributed by atoms with Crippen molar-refractivity contribution in [3.8, 4) is 11.5 Å². The number of nitrogens with zero attached hydrogens (tertiary/aromatic N) is 2. The Balaban J connectivity index is 1.38. The summed E-state index contributed by atoms with van der Waals surface area (Å²) >= 11 is 1.44. The van der Waals surface area contributed by atoms with Crippen LogP contribution in [0.15, 0.2) is 34.2 Å². The summed E-state index contributed by atoms with van der Waals surface area (Å²) in [5.74, 6) is 0.837. The normalized spacial score (nSPS) is 17.6. The average Bonchev–Trinajstić information content (AvgIpc) is 3.47. The molecule has 6 nitrogen and oxygen atoms in total. The van der Waals surface area contributed by atoms with Gasteiger partial charge < -0.3 is 15.6 Å². The summed E-state index contributed by atoms with van der Waals surface area (Å²) in [4.78, 5) is 17.3. The number of hydrogen-bond donors (Lipinski definition) is 2. The van der Waals surface area contributed by atoms with Gasteiger partial charge >= 0.3 is 0 Å². The number of carbonyl (C=O) groups is 1. The van der Waals surface area contributed by atoms with Crippen LogP contribution >= 0.6 is 11.3 Å². The van der Waals surface area contributed by atoms with Gasteiger partial charge in [0.1, 0.15) is 5.00 Å². The highest BCUT2D eigenvalue weighted by Gasteiger charge is 2.36. The lowest BCUT2D eigenvalue weighted by Gasteiger charge is -2.17. The van der Waals surface area contributed by atoms with Crippen LogP contribution in [-0.4, -0.2) is 16.0 Å². The lowest BCUT2D eigenvalue weighted by Crippen LogP contribution is -2.34. The number of hydrogen-bond acceptors (Lipinski definition) is 6. The zero-order valence-corrected chi connectivity index (χ0v) is 16.3. The van der Waals surface area contributed by atoms with Crippen molar-refractivity contribution in [3.05, 3.63) is 52.2 Å². The molecule has 0 spiro atoms. The third-order valence-corrected chi connectivity index (χ3v) is 6.68. The van der Waals surface area contributed by atoms with Crippen molar-refractivity contribution >= 4 is 22.2 Å². The Hall–Kier alpha value is -2.51. The largest absolute Gasteiger partial charge is 0.334 e. The molecule has 0 radical (unpaired) electrons. The predicted octanol–water partition coefficient (Wildman–Crippen LogP) is 4.27. The maximum atomic E-state index is 12.8. The van der Waals surface area contributed by atoms with E-state index in [0.717, 1.165) is 50.5 Å². The van der Waals surface area contributed by atoms with Crippen LogP contribution in [0.25, 0.3) is 11.5 Å². The molecule has 0 aliphatic heterocycles. The zero-order chi connectivity index (χ0) is 19.1. The maximum absolute atomic E-state index is 12.8. The van der Waals surface area contributed by atoms with Gasteiger partial charge in [-0.25, -0.2) is 0 Å². The summed E-state index contributed by atoms with van der Waals surface area (Å²) in [6, 6.07) is 7.86. The fourth-order valence-electron chi connectivity index (χ4n) is 4.23. The van der Waals surface area contributed by atoms with Gasteiger partial charge in [0.15, 0.2) is 5.82 Å². The van der Waals surface area contributed by atoms with Gasteiger partial charge in [0.2, 0.25) is 0 Å². The Labute approximate surface area is 167 Å². The number of fused-ring (bicyclic) bond motifs is 1. The molecule has 144 valence electrons. The quantitative estimate of drug-likeness (QED) is 0.689. The second kappa shape index (κ2) is 6.83. The third kappa shape index (κ3) is 3.04. The second-order valence-electron chi connectivity index (χ2n) is 7.74. The number of nitrogens with one attached hydrogen (secondary N) is 1. The van der Waals surface area contributed by atoms with Gasteiger partial charge in [-0.15, -0.1) is 11.3 Å². The van der Waals surface area contributed by atoms with E-state index in [2.05, 4.69) is 21.5 Å². The van der Waals surface area contributed by atoms with Crippen LogP contribution < -0.4 is 11.1 Å². The molecule has 3 aromatic rings. The summed E-state index contributed by atoms with van der Waals surface area (Å²) < 4.78 is 5.49. The fourth-order valence-corrected chi connectivity index (χ4v) is 5.00. The first-order valence-electron chi connectivity index (χ1n) is 9.76. The van der Waals surface area contributed by atoms with Crippen LogP contribution in [0.2, 0.25) is 0 Å². The molecule has 1 fully saturated rings. The number of benzene rings is 1. The Morgan fingerprint density at radius 2 is 1.96 bits per heavy atom. The van der Waals surface area contributed by atoms with Crippen LogP contribution in [0.3, 0.4) is 0 Å². The van der Waals surface area contributed by atoms with E-state index >= 15 is 0 Å². The lowest BCUT2D eigenvalue weighted by molar-refractivity contribution is 0.102. The minimum atomic E-state index is -0.494. The molecule has 7 heteroatoms. The van der Waals surface area contributed by atoms with Crippen molar-refractivity contribution in [1.29, 1.82) is 0 Å². The molecule has 2 heterocycles. The van der Waals surface area contributed by atoms with Gasteiger partial charge in [-0.3, -0.25) is 4.79 Å². The van der Waals surface area contributed by atoms with Crippen molar-refractivity contribution in [1.82, 2.24) is 10.1 Å². The van der Waals surface area contributed by atoms with Gasteiger partial charge in [0, 0.05) is 5.56 Å². The Morgan fingerprint density at radius 1 is 1.14 bits per heavy atom. The molecule has 3 N–H and O–H groups in total. The predicted molar refractivity (Wildman–Crippen MR) is 108 cm³/mol. The summed E-state index contributed by atoms with van der Waals surface area (Å²) in [6.45, 7) is 0. The first-order chi connectivity index (χ1) is 13.6. The minimum absolute atomic E-state index is 0.121. The molecular formula is C21H22N4O2S. The molecule has 1 amide bonds. The Kier molecular flexibility index (Phi) is 4.29. The third-order valence-electron chi connectivity index (χ3n) is 5.85. The van der Waals surface area contributed by atoms with Gasteiger partial charge in [-0.05, 0) is 66.8 Å². The molecule has 5 rings (SSSR count). The van der Waals surface area contributed by atoms with E-state index in [9.17, 15) is 4.79 Å². The highest BCUT2D eigenvalue weighted by atomic mass is 32.1. The number of thiophene rings is 1. The summed E-state index contributed by atoms with van der Waals surface area (Å²) in [5, 5.41) is 9.74. The molecule has 28 heavy (non-hydrogen) atoms. The molecule has 2 aromatic heterocycles. The van der Waals surface area contributed by atoms with Crippen molar-refractivity contribution in [2.45, 2.75) is 50.5 Å². The number of nitrogens with two attached hydrogens (primary N) is 1. The highest BCUT2D eigenvalue weighted by Crippen LogP contribution is 2.37. The zero-order valence-electron chi connectivity index (χ0n) is 15.5. The number of carbonyl (C=O) groups excluding carboxylic acids is 1. The highest BCUT2D eigenvalue weighted by molar-refractivity contribution is 7.15. The molecule has 2 aliphatic carbocycles. The van der Waals surface area contributed by atoms with Crippen molar-refractivity contribution in [2.75, 3.05) is 5.32 Å². The van der Waals surface area contributed by atoms with Gasteiger partial charge in [0.05, 0.1) is 11.1 Å². The molecule has 2 aliphatic rings. The molecule has 0 unspecified atom stereocenters. The van der Waals surface area contributed by atoms with Crippen molar-refractivity contribution in [2.24, 2.45) is 5.73 Å². The standard InChI is InChI=1S/C21H22N4O2S/c22-21(9-1-2-10-21)20-24-18(27-25-20)16-8-11-28-19(16)23-17(26)15-7-6-13-4-3-5-14(13)12-15/h6-8,11-12H,1-5,9-10,22H2,(H,23,26). The topological polar surface area (TPSA) is 94.0 Å². The van der Waals surface area contributed by atoms with Crippen LogP contribution in [-0.2, 0) is 18.4 Å². The van der Waals surface area contributed by atoms with Crippen LogP contribution in [0.4, 0.5) is 5.00 Å². The summed E-state index contributed by atoms with van der Waals surface area (Å²) in [7, 11) is 0. The molecule has 1 aromatic carbocycles. The first-order valence-corrected chi connectivity index (χ1v) is 10.6. The second-order valence-corrected chi connectivity index (χ2v) is 8.66. The van der Waals surface area contributed by atoms with Crippen molar-refractivity contribution < 1.29 is 9.32 Å². The maximum Gasteiger partial charge on any atom is 0.260 e. The van der Waals surface area contributed by atoms with E-state index in [1.807, 2.05) is 23.6 Å². The first kappa shape index (κ1) is 17.6. The van der Waals surface area contributed by atoms with Crippen LogP contribution in [0, 0.1) is 0 Å². The number of amides is 1.